The van der Waals surface area contributed by atoms with Gasteiger partial charge in [-0.1, -0.05) is 18.0 Å². The van der Waals surface area contributed by atoms with Gasteiger partial charge in [-0.05, 0) is 75.6 Å². The van der Waals surface area contributed by atoms with Gasteiger partial charge in [-0.15, -0.1) is 0 Å². The second-order valence-electron chi connectivity index (χ2n) is 6.45. The Hall–Kier alpha value is -0.770. The van der Waals surface area contributed by atoms with Crippen LogP contribution in [0.2, 0.25) is 5.02 Å². The monoisotopic (exact) mass is 307 g/mol. The van der Waals surface area contributed by atoms with Crippen LogP contribution in [0.4, 0.5) is 5.69 Å². The van der Waals surface area contributed by atoms with Crippen molar-refractivity contribution in [2.24, 2.45) is 0 Å². The number of nitrogens with two attached hydrogens (primary N) is 1. The number of likely N-dealkylation sites (tertiary alicyclic amines) is 2. The molecule has 1 aromatic carbocycles. The van der Waals surface area contributed by atoms with Crippen molar-refractivity contribution < 1.29 is 0 Å². The summed E-state index contributed by atoms with van der Waals surface area (Å²) in [6.07, 6.45) is 6.78. The molecule has 0 atom stereocenters. The number of piperidine rings is 2. The third-order valence-electron chi connectivity index (χ3n) is 4.93. The van der Waals surface area contributed by atoms with Gasteiger partial charge in [0.2, 0.25) is 0 Å². The SMILES string of the molecule is Nc1ccc(Cl)c(CN2CCC(N3CCCCC3)CC2)c1. The molecule has 2 aliphatic rings. The van der Waals surface area contributed by atoms with Crippen LogP contribution in [0.25, 0.3) is 0 Å². The Kier molecular flexibility index (Phi) is 5.04. The summed E-state index contributed by atoms with van der Waals surface area (Å²) in [4.78, 5) is 5.23. The molecule has 2 N–H and O–H groups in total. The minimum Gasteiger partial charge on any atom is -0.399 e. The van der Waals surface area contributed by atoms with Gasteiger partial charge in [0.15, 0.2) is 0 Å². The maximum atomic E-state index is 6.28. The van der Waals surface area contributed by atoms with Gasteiger partial charge in [0.05, 0.1) is 0 Å². The summed E-state index contributed by atoms with van der Waals surface area (Å²) < 4.78 is 0. The van der Waals surface area contributed by atoms with E-state index in [9.17, 15) is 0 Å². The number of nitrogen functional groups attached to an aromatic ring is 1. The maximum Gasteiger partial charge on any atom is 0.0452 e. The van der Waals surface area contributed by atoms with Gasteiger partial charge in [0.1, 0.15) is 0 Å². The van der Waals surface area contributed by atoms with Crippen molar-refractivity contribution >= 4 is 17.3 Å². The van der Waals surface area contributed by atoms with Gasteiger partial charge >= 0.3 is 0 Å². The molecule has 2 fully saturated rings. The fraction of sp³-hybridized carbons (Fsp3) is 0.647. The molecular formula is C17H26ClN3. The highest BCUT2D eigenvalue weighted by molar-refractivity contribution is 6.31. The summed E-state index contributed by atoms with van der Waals surface area (Å²) in [5.41, 5.74) is 7.83. The lowest BCUT2D eigenvalue weighted by atomic mass is 9.99. The van der Waals surface area contributed by atoms with Gasteiger partial charge in [-0.2, -0.15) is 0 Å². The number of benzene rings is 1. The van der Waals surface area contributed by atoms with Crippen LogP contribution in [0.15, 0.2) is 18.2 Å². The average Bonchev–Trinajstić information content (AvgIpc) is 2.53. The second-order valence-corrected chi connectivity index (χ2v) is 6.86. The summed E-state index contributed by atoms with van der Waals surface area (Å²) in [6, 6.07) is 6.60. The first-order valence-electron chi connectivity index (χ1n) is 8.23. The topological polar surface area (TPSA) is 32.5 Å². The highest BCUT2D eigenvalue weighted by Crippen LogP contribution is 2.24. The Morgan fingerprint density at radius 1 is 1.05 bits per heavy atom. The van der Waals surface area contributed by atoms with Crippen molar-refractivity contribution in [2.45, 2.75) is 44.7 Å². The standard InChI is InChI=1S/C17H26ClN3/c18-17-5-4-15(19)12-14(17)13-20-10-6-16(7-11-20)21-8-2-1-3-9-21/h4-5,12,16H,1-3,6-11,13,19H2. The molecule has 2 aliphatic heterocycles. The van der Waals surface area contributed by atoms with E-state index in [1.165, 1.54) is 58.3 Å². The first-order valence-corrected chi connectivity index (χ1v) is 8.60. The van der Waals surface area contributed by atoms with Gasteiger partial charge in [-0.3, -0.25) is 4.90 Å². The summed E-state index contributed by atoms with van der Waals surface area (Å²) in [5.74, 6) is 0. The van der Waals surface area contributed by atoms with Crippen molar-refractivity contribution in [1.29, 1.82) is 0 Å². The molecular weight excluding hydrogens is 282 g/mol. The Bertz CT molecular complexity index is 463. The minimum absolute atomic E-state index is 0.803. The van der Waals surface area contributed by atoms with E-state index in [4.69, 9.17) is 17.3 Å². The smallest absolute Gasteiger partial charge is 0.0452 e. The molecule has 3 rings (SSSR count). The largest absolute Gasteiger partial charge is 0.399 e. The van der Waals surface area contributed by atoms with Crippen LogP contribution < -0.4 is 5.73 Å². The van der Waals surface area contributed by atoms with Crippen molar-refractivity contribution in [3.8, 4) is 0 Å². The quantitative estimate of drug-likeness (QED) is 0.869. The fourth-order valence-electron chi connectivity index (χ4n) is 3.68. The summed E-state index contributed by atoms with van der Waals surface area (Å²) in [5, 5.41) is 0.836. The van der Waals surface area contributed by atoms with E-state index in [0.717, 1.165) is 28.9 Å². The molecule has 4 heteroatoms. The highest BCUT2D eigenvalue weighted by Gasteiger charge is 2.25. The highest BCUT2D eigenvalue weighted by atomic mass is 35.5. The molecule has 0 amide bonds. The molecule has 116 valence electrons. The zero-order chi connectivity index (χ0) is 14.7. The lowest BCUT2D eigenvalue weighted by Gasteiger charge is -2.40. The van der Waals surface area contributed by atoms with E-state index in [1.54, 1.807) is 0 Å². The van der Waals surface area contributed by atoms with E-state index >= 15 is 0 Å². The molecule has 0 spiro atoms. The van der Waals surface area contributed by atoms with E-state index in [0.29, 0.717) is 0 Å². The Balaban J connectivity index is 1.52. The number of rotatable bonds is 3. The van der Waals surface area contributed by atoms with Crippen LogP contribution in [0, 0.1) is 0 Å². The second kappa shape index (κ2) is 6.99. The average molecular weight is 308 g/mol. The number of hydrogen-bond acceptors (Lipinski definition) is 3. The van der Waals surface area contributed by atoms with Crippen LogP contribution >= 0.6 is 11.6 Å². The minimum atomic E-state index is 0.803. The lowest BCUT2D eigenvalue weighted by molar-refractivity contribution is 0.0897. The first-order chi connectivity index (χ1) is 10.2. The molecule has 2 saturated heterocycles. The molecule has 1 aromatic rings. The van der Waals surface area contributed by atoms with Crippen molar-refractivity contribution in [2.75, 3.05) is 31.9 Å². The van der Waals surface area contributed by atoms with Crippen molar-refractivity contribution in [3.05, 3.63) is 28.8 Å². The Morgan fingerprint density at radius 2 is 1.76 bits per heavy atom. The predicted octanol–water partition coefficient (Wildman–Crippen LogP) is 3.37. The molecule has 21 heavy (non-hydrogen) atoms. The van der Waals surface area contributed by atoms with E-state index < -0.39 is 0 Å². The third kappa shape index (κ3) is 3.91. The van der Waals surface area contributed by atoms with Gasteiger partial charge in [0, 0.05) is 23.3 Å². The zero-order valence-electron chi connectivity index (χ0n) is 12.7. The zero-order valence-corrected chi connectivity index (χ0v) is 13.5. The van der Waals surface area contributed by atoms with Gasteiger partial charge < -0.3 is 10.6 Å². The van der Waals surface area contributed by atoms with Crippen molar-refractivity contribution in [1.82, 2.24) is 9.80 Å². The number of hydrogen-bond donors (Lipinski definition) is 1. The van der Waals surface area contributed by atoms with E-state index in [-0.39, 0.29) is 0 Å². The molecule has 0 aromatic heterocycles. The van der Waals surface area contributed by atoms with Gasteiger partial charge in [0.25, 0.3) is 0 Å². The Morgan fingerprint density at radius 3 is 2.48 bits per heavy atom. The van der Waals surface area contributed by atoms with Crippen molar-refractivity contribution in [3.63, 3.8) is 0 Å². The summed E-state index contributed by atoms with van der Waals surface area (Å²) in [7, 11) is 0. The van der Waals surface area contributed by atoms with Crippen LogP contribution in [0.1, 0.15) is 37.7 Å². The molecule has 0 aliphatic carbocycles. The molecule has 0 saturated carbocycles. The summed E-state index contributed by atoms with van der Waals surface area (Å²) >= 11 is 6.28. The van der Waals surface area contributed by atoms with Crippen LogP contribution in [0.5, 0.6) is 0 Å². The van der Waals surface area contributed by atoms with E-state index in [1.807, 2.05) is 18.2 Å². The molecule has 3 nitrogen and oxygen atoms in total. The van der Waals surface area contributed by atoms with Crippen LogP contribution in [0.3, 0.4) is 0 Å². The van der Waals surface area contributed by atoms with Crippen LogP contribution in [-0.2, 0) is 6.54 Å². The number of nitrogens with zero attached hydrogens (tertiary/aromatic N) is 2. The van der Waals surface area contributed by atoms with Gasteiger partial charge in [-0.25, -0.2) is 0 Å². The maximum absolute atomic E-state index is 6.28. The molecule has 0 unspecified atom stereocenters. The summed E-state index contributed by atoms with van der Waals surface area (Å²) in [6.45, 7) is 5.90. The predicted molar refractivity (Wildman–Crippen MR) is 89.6 cm³/mol. The van der Waals surface area contributed by atoms with Crippen LogP contribution in [-0.4, -0.2) is 42.0 Å². The Labute approximate surface area is 133 Å². The normalized spacial score (nSPS) is 22.5. The first kappa shape index (κ1) is 15.1. The third-order valence-corrected chi connectivity index (χ3v) is 5.30. The molecule has 2 heterocycles. The molecule has 0 radical (unpaired) electrons. The number of halogens is 1. The molecule has 0 bridgehead atoms. The van der Waals surface area contributed by atoms with E-state index in [2.05, 4.69) is 9.80 Å². The fourth-order valence-corrected chi connectivity index (χ4v) is 3.86. The lowest BCUT2D eigenvalue weighted by Crippen LogP contribution is -2.46. The number of anilines is 1.